The summed E-state index contributed by atoms with van der Waals surface area (Å²) in [7, 11) is 1.88. The number of nitrogens with one attached hydrogen (secondary N) is 1. The molecule has 1 aromatic carbocycles. The van der Waals surface area contributed by atoms with Crippen LogP contribution in [0.15, 0.2) is 30.5 Å². The summed E-state index contributed by atoms with van der Waals surface area (Å²) in [4.78, 5) is 0. The van der Waals surface area contributed by atoms with E-state index in [1.165, 1.54) is 0 Å². The second kappa shape index (κ2) is 5.29. The monoisotopic (exact) mass is 250 g/mol. The van der Waals surface area contributed by atoms with Crippen LogP contribution in [0.4, 0.5) is 0 Å². The lowest BCUT2D eigenvalue weighted by Crippen LogP contribution is -2.20. The zero-order chi connectivity index (χ0) is 12.3. The van der Waals surface area contributed by atoms with Gasteiger partial charge < -0.3 is 5.32 Å². The SMILES string of the molecule is C[C@H](NCc1cnnn1C)c1ccccc1Cl. The van der Waals surface area contributed by atoms with Crippen LogP contribution < -0.4 is 5.32 Å². The van der Waals surface area contributed by atoms with Crippen LogP contribution in [0.1, 0.15) is 24.2 Å². The first-order chi connectivity index (χ1) is 8.18. The highest BCUT2D eigenvalue weighted by atomic mass is 35.5. The summed E-state index contributed by atoms with van der Waals surface area (Å²) in [5, 5.41) is 11.9. The number of benzene rings is 1. The highest BCUT2D eigenvalue weighted by molar-refractivity contribution is 6.31. The van der Waals surface area contributed by atoms with Crippen LogP contribution in [0.3, 0.4) is 0 Å². The fraction of sp³-hybridized carbons (Fsp3) is 0.333. The van der Waals surface area contributed by atoms with Crippen molar-refractivity contribution in [2.45, 2.75) is 19.5 Å². The molecule has 0 saturated carbocycles. The van der Waals surface area contributed by atoms with Crippen molar-refractivity contribution in [1.82, 2.24) is 20.3 Å². The van der Waals surface area contributed by atoms with Crippen LogP contribution in [-0.4, -0.2) is 15.0 Å². The van der Waals surface area contributed by atoms with E-state index in [9.17, 15) is 0 Å². The molecule has 0 saturated heterocycles. The van der Waals surface area contributed by atoms with Gasteiger partial charge in [-0.1, -0.05) is 35.0 Å². The van der Waals surface area contributed by atoms with Crippen LogP contribution in [0.25, 0.3) is 0 Å². The van der Waals surface area contributed by atoms with Gasteiger partial charge in [0.25, 0.3) is 0 Å². The van der Waals surface area contributed by atoms with Gasteiger partial charge in [0.05, 0.1) is 11.9 Å². The maximum atomic E-state index is 6.14. The van der Waals surface area contributed by atoms with Crippen molar-refractivity contribution in [3.05, 3.63) is 46.7 Å². The van der Waals surface area contributed by atoms with Crippen molar-refractivity contribution >= 4 is 11.6 Å². The van der Waals surface area contributed by atoms with Crippen molar-refractivity contribution < 1.29 is 0 Å². The molecule has 1 atom stereocenters. The van der Waals surface area contributed by atoms with Gasteiger partial charge in [0.15, 0.2) is 0 Å². The predicted octanol–water partition coefficient (Wildman–Crippen LogP) is 2.32. The number of halogens is 1. The third kappa shape index (κ3) is 2.84. The average molecular weight is 251 g/mol. The molecule has 0 bridgehead atoms. The highest BCUT2D eigenvalue weighted by Gasteiger charge is 2.09. The summed E-state index contributed by atoms with van der Waals surface area (Å²) >= 11 is 6.14. The Labute approximate surface area is 106 Å². The van der Waals surface area contributed by atoms with Gasteiger partial charge in [-0.25, -0.2) is 0 Å². The van der Waals surface area contributed by atoms with E-state index >= 15 is 0 Å². The molecule has 17 heavy (non-hydrogen) atoms. The quantitative estimate of drug-likeness (QED) is 0.906. The molecule has 0 aliphatic carbocycles. The zero-order valence-electron chi connectivity index (χ0n) is 9.89. The molecule has 2 aromatic rings. The Morgan fingerprint density at radius 1 is 1.41 bits per heavy atom. The summed E-state index contributed by atoms with van der Waals surface area (Å²) in [5.74, 6) is 0. The van der Waals surface area contributed by atoms with Crippen molar-refractivity contribution in [3.63, 3.8) is 0 Å². The van der Waals surface area contributed by atoms with Crippen molar-refractivity contribution in [1.29, 1.82) is 0 Å². The second-order valence-electron chi connectivity index (χ2n) is 3.97. The fourth-order valence-electron chi connectivity index (χ4n) is 1.66. The normalized spacial score (nSPS) is 12.6. The first kappa shape index (κ1) is 12.1. The maximum Gasteiger partial charge on any atom is 0.0738 e. The number of hydrogen-bond acceptors (Lipinski definition) is 3. The summed E-state index contributed by atoms with van der Waals surface area (Å²) in [5.41, 5.74) is 2.15. The largest absolute Gasteiger partial charge is 0.304 e. The van der Waals surface area contributed by atoms with Gasteiger partial charge >= 0.3 is 0 Å². The molecule has 4 nitrogen and oxygen atoms in total. The molecule has 0 aliphatic heterocycles. The second-order valence-corrected chi connectivity index (χ2v) is 4.38. The Bertz CT molecular complexity index is 495. The first-order valence-electron chi connectivity index (χ1n) is 5.50. The Kier molecular flexibility index (Phi) is 3.76. The minimum Gasteiger partial charge on any atom is -0.304 e. The smallest absolute Gasteiger partial charge is 0.0738 e. The molecule has 1 aromatic heterocycles. The minimum absolute atomic E-state index is 0.193. The topological polar surface area (TPSA) is 42.7 Å². The molecule has 90 valence electrons. The van der Waals surface area contributed by atoms with Crippen LogP contribution in [0.5, 0.6) is 0 Å². The molecular weight excluding hydrogens is 236 g/mol. The lowest BCUT2D eigenvalue weighted by atomic mass is 10.1. The van der Waals surface area contributed by atoms with E-state index in [0.717, 1.165) is 22.8 Å². The van der Waals surface area contributed by atoms with Gasteiger partial charge in [0.1, 0.15) is 0 Å². The van der Waals surface area contributed by atoms with E-state index in [1.54, 1.807) is 10.9 Å². The lowest BCUT2D eigenvalue weighted by molar-refractivity contribution is 0.546. The molecule has 1 heterocycles. The Morgan fingerprint density at radius 3 is 2.82 bits per heavy atom. The Morgan fingerprint density at radius 2 is 2.18 bits per heavy atom. The molecule has 1 N–H and O–H groups in total. The molecule has 0 fully saturated rings. The zero-order valence-corrected chi connectivity index (χ0v) is 10.6. The van der Waals surface area contributed by atoms with Crippen LogP contribution in [-0.2, 0) is 13.6 Å². The highest BCUT2D eigenvalue weighted by Crippen LogP contribution is 2.22. The summed E-state index contributed by atoms with van der Waals surface area (Å²) in [6.07, 6.45) is 1.76. The number of nitrogens with zero attached hydrogens (tertiary/aromatic N) is 3. The number of aryl methyl sites for hydroxylation is 1. The number of aromatic nitrogens is 3. The van der Waals surface area contributed by atoms with E-state index in [-0.39, 0.29) is 6.04 Å². The molecule has 0 unspecified atom stereocenters. The van der Waals surface area contributed by atoms with Gasteiger partial charge in [-0.3, -0.25) is 4.68 Å². The number of hydrogen-bond donors (Lipinski definition) is 1. The summed E-state index contributed by atoms with van der Waals surface area (Å²) in [6.45, 7) is 2.81. The van der Waals surface area contributed by atoms with E-state index in [2.05, 4.69) is 22.6 Å². The standard InChI is InChI=1S/C12H15ClN4/c1-9(11-5-3-4-6-12(11)13)14-7-10-8-15-16-17(10)2/h3-6,8-9,14H,7H2,1-2H3/t9-/m0/s1. The van der Waals surface area contributed by atoms with E-state index in [1.807, 2.05) is 31.3 Å². The molecule has 2 rings (SSSR count). The molecular formula is C12H15ClN4. The van der Waals surface area contributed by atoms with E-state index < -0.39 is 0 Å². The predicted molar refractivity (Wildman–Crippen MR) is 67.7 cm³/mol. The Hall–Kier alpha value is -1.39. The van der Waals surface area contributed by atoms with Crippen molar-refractivity contribution in [2.75, 3.05) is 0 Å². The fourth-order valence-corrected chi connectivity index (χ4v) is 1.96. The third-order valence-electron chi connectivity index (χ3n) is 2.77. The summed E-state index contributed by atoms with van der Waals surface area (Å²) in [6, 6.07) is 8.05. The molecule has 5 heteroatoms. The van der Waals surface area contributed by atoms with Crippen LogP contribution >= 0.6 is 11.6 Å². The van der Waals surface area contributed by atoms with Gasteiger partial charge in [-0.15, -0.1) is 5.10 Å². The van der Waals surface area contributed by atoms with Crippen molar-refractivity contribution in [2.24, 2.45) is 7.05 Å². The molecule has 0 aliphatic rings. The van der Waals surface area contributed by atoms with Gasteiger partial charge in [0.2, 0.25) is 0 Å². The third-order valence-corrected chi connectivity index (χ3v) is 3.11. The summed E-state index contributed by atoms with van der Waals surface area (Å²) < 4.78 is 1.76. The van der Waals surface area contributed by atoms with Crippen LogP contribution in [0.2, 0.25) is 5.02 Å². The maximum absolute atomic E-state index is 6.14. The lowest BCUT2D eigenvalue weighted by Gasteiger charge is -2.15. The van der Waals surface area contributed by atoms with Gasteiger partial charge in [-0.2, -0.15) is 0 Å². The first-order valence-corrected chi connectivity index (χ1v) is 5.87. The number of rotatable bonds is 4. The minimum atomic E-state index is 0.193. The van der Waals surface area contributed by atoms with Crippen LogP contribution in [0, 0.1) is 0 Å². The molecule has 0 amide bonds. The Balaban J connectivity index is 2.01. The molecule has 0 radical (unpaired) electrons. The van der Waals surface area contributed by atoms with Crippen molar-refractivity contribution in [3.8, 4) is 0 Å². The van der Waals surface area contributed by atoms with E-state index in [0.29, 0.717) is 0 Å². The molecule has 0 spiro atoms. The van der Waals surface area contributed by atoms with E-state index in [4.69, 9.17) is 11.6 Å². The van der Waals surface area contributed by atoms with Gasteiger partial charge in [-0.05, 0) is 18.6 Å². The average Bonchev–Trinajstić information content (AvgIpc) is 2.72. The van der Waals surface area contributed by atoms with Gasteiger partial charge in [0, 0.05) is 24.7 Å².